The lowest BCUT2D eigenvalue weighted by Crippen LogP contribution is -2.33. The van der Waals surface area contributed by atoms with Gasteiger partial charge in [-0.15, -0.1) is 0 Å². The van der Waals surface area contributed by atoms with Crippen LogP contribution >= 0.6 is 0 Å². The van der Waals surface area contributed by atoms with Crippen LogP contribution in [0, 0.1) is 5.82 Å². The molecule has 1 atom stereocenters. The predicted octanol–water partition coefficient (Wildman–Crippen LogP) is 2.05. The van der Waals surface area contributed by atoms with Gasteiger partial charge >= 0.3 is 0 Å². The summed E-state index contributed by atoms with van der Waals surface area (Å²) in [6.45, 7) is 6.37. The van der Waals surface area contributed by atoms with Gasteiger partial charge in [0.25, 0.3) is 0 Å². The quantitative estimate of drug-likeness (QED) is 0.841. The lowest BCUT2D eigenvalue weighted by Gasteiger charge is -2.16. The zero-order chi connectivity index (χ0) is 12.1. The Balaban J connectivity index is 1.78. The highest BCUT2D eigenvalue weighted by atomic mass is 19.1. The Morgan fingerprint density at radius 3 is 3.00 bits per heavy atom. The van der Waals surface area contributed by atoms with Gasteiger partial charge in [-0.1, -0.05) is 25.1 Å². The van der Waals surface area contributed by atoms with Gasteiger partial charge in [-0.25, -0.2) is 4.39 Å². The van der Waals surface area contributed by atoms with Crippen LogP contribution in [-0.4, -0.2) is 37.1 Å². The zero-order valence-electron chi connectivity index (χ0n) is 10.5. The van der Waals surface area contributed by atoms with Gasteiger partial charge in [0, 0.05) is 19.1 Å². The van der Waals surface area contributed by atoms with Gasteiger partial charge < -0.3 is 10.2 Å². The maximum Gasteiger partial charge on any atom is 0.126 e. The first-order valence-electron chi connectivity index (χ1n) is 6.48. The molecule has 0 aliphatic carbocycles. The fraction of sp³-hybridized carbons (Fsp3) is 0.571. The first-order valence-corrected chi connectivity index (χ1v) is 6.48. The van der Waals surface area contributed by atoms with Crippen LogP contribution in [0.15, 0.2) is 24.3 Å². The minimum absolute atomic E-state index is 0.0741. The molecule has 0 radical (unpaired) electrons. The highest BCUT2D eigenvalue weighted by Gasteiger charge is 2.20. The Morgan fingerprint density at radius 1 is 1.41 bits per heavy atom. The van der Waals surface area contributed by atoms with Crippen LogP contribution in [0.25, 0.3) is 0 Å². The third kappa shape index (κ3) is 3.51. The summed E-state index contributed by atoms with van der Waals surface area (Å²) in [5.41, 5.74) is 0.833. The smallest absolute Gasteiger partial charge is 0.126 e. The molecule has 94 valence electrons. The maximum absolute atomic E-state index is 13.4. The highest BCUT2D eigenvalue weighted by molar-refractivity contribution is 5.17. The van der Waals surface area contributed by atoms with E-state index in [9.17, 15) is 4.39 Å². The van der Waals surface area contributed by atoms with Crippen molar-refractivity contribution < 1.29 is 4.39 Å². The van der Waals surface area contributed by atoms with Gasteiger partial charge in [0.05, 0.1) is 0 Å². The fourth-order valence-corrected chi connectivity index (χ4v) is 2.47. The van der Waals surface area contributed by atoms with Gasteiger partial charge in [-0.2, -0.15) is 0 Å². The second-order valence-corrected chi connectivity index (χ2v) is 4.69. The van der Waals surface area contributed by atoms with E-state index in [1.165, 1.54) is 6.42 Å². The molecule has 1 aliphatic heterocycles. The second-order valence-electron chi connectivity index (χ2n) is 4.69. The van der Waals surface area contributed by atoms with Crippen molar-refractivity contribution in [2.45, 2.75) is 25.8 Å². The van der Waals surface area contributed by atoms with E-state index >= 15 is 0 Å². The molecule has 3 heteroatoms. The third-order valence-corrected chi connectivity index (χ3v) is 3.42. The number of hydrogen-bond donors (Lipinski definition) is 1. The fourth-order valence-electron chi connectivity index (χ4n) is 2.47. The maximum atomic E-state index is 13.4. The summed E-state index contributed by atoms with van der Waals surface area (Å²) in [6.07, 6.45) is 2.02. The molecule has 0 aromatic heterocycles. The van der Waals surface area contributed by atoms with Crippen LogP contribution in [0.3, 0.4) is 0 Å². The van der Waals surface area contributed by atoms with Crippen molar-refractivity contribution in [3.05, 3.63) is 35.6 Å². The van der Waals surface area contributed by atoms with Crippen molar-refractivity contribution in [3.63, 3.8) is 0 Å². The Bertz CT molecular complexity index is 354. The van der Waals surface area contributed by atoms with Crippen molar-refractivity contribution in [2.24, 2.45) is 0 Å². The van der Waals surface area contributed by atoms with Crippen LogP contribution < -0.4 is 5.32 Å². The average Bonchev–Trinajstić information content (AvgIpc) is 2.76. The molecule has 1 heterocycles. The van der Waals surface area contributed by atoms with E-state index in [0.29, 0.717) is 6.04 Å². The summed E-state index contributed by atoms with van der Waals surface area (Å²) in [5, 5.41) is 3.47. The number of likely N-dealkylation sites (N-methyl/N-ethyl adjacent to an activating group) is 1. The summed E-state index contributed by atoms with van der Waals surface area (Å²) in [4.78, 5) is 2.42. The molecule has 2 rings (SSSR count). The molecule has 1 aromatic carbocycles. The van der Waals surface area contributed by atoms with Crippen LogP contribution in [-0.2, 0) is 6.42 Å². The van der Waals surface area contributed by atoms with E-state index in [-0.39, 0.29) is 5.82 Å². The largest absolute Gasteiger partial charge is 0.313 e. The molecule has 1 unspecified atom stereocenters. The van der Waals surface area contributed by atoms with Gasteiger partial charge in [0.15, 0.2) is 0 Å². The molecule has 2 nitrogen and oxygen atoms in total. The predicted molar refractivity (Wildman–Crippen MR) is 68.6 cm³/mol. The summed E-state index contributed by atoms with van der Waals surface area (Å²) >= 11 is 0. The van der Waals surface area contributed by atoms with E-state index in [2.05, 4.69) is 17.1 Å². The number of nitrogens with one attached hydrogen (secondary N) is 1. The van der Waals surface area contributed by atoms with Crippen LogP contribution in [0.4, 0.5) is 4.39 Å². The number of benzene rings is 1. The zero-order valence-corrected chi connectivity index (χ0v) is 10.5. The van der Waals surface area contributed by atoms with Crippen LogP contribution in [0.1, 0.15) is 18.9 Å². The van der Waals surface area contributed by atoms with E-state index in [4.69, 9.17) is 0 Å². The lowest BCUT2D eigenvalue weighted by atomic mass is 10.1. The first kappa shape index (κ1) is 12.5. The van der Waals surface area contributed by atoms with Crippen molar-refractivity contribution in [3.8, 4) is 0 Å². The molecule has 0 amide bonds. The van der Waals surface area contributed by atoms with E-state index in [0.717, 1.165) is 38.2 Å². The van der Waals surface area contributed by atoms with Crippen molar-refractivity contribution in [1.29, 1.82) is 0 Å². The van der Waals surface area contributed by atoms with Crippen LogP contribution in [0.5, 0.6) is 0 Å². The summed E-state index contributed by atoms with van der Waals surface area (Å²) in [6, 6.07) is 7.70. The summed E-state index contributed by atoms with van der Waals surface area (Å²) in [7, 11) is 0. The molecular formula is C14H21FN2. The molecule has 17 heavy (non-hydrogen) atoms. The molecule has 0 spiro atoms. The van der Waals surface area contributed by atoms with E-state index in [1.807, 2.05) is 12.1 Å². The Kier molecular flexibility index (Phi) is 4.51. The Hall–Kier alpha value is -0.930. The number of hydrogen-bond acceptors (Lipinski definition) is 2. The molecule has 1 N–H and O–H groups in total. The van der Waals surface area contributed by atoms with E-state index < -0.39 is 0 Å². The van der Waals surface area contributed by atoms with Crippen molar-refractivity contribution >= 4 is 0 Å². The minimum atomic E-state index is -0.0741. The van der Waals surface area contributed by atoms with Gasteiger partial charge in [-0.05, 0) is 37.6 Å². The molecule has 0 bridgehead atoms. The molecule has 1 aliphatic rings. The number of halogens is 1. The monoisotopic (exact) mass is 236 g/mol. The topological polar surface area (TPSA) is 15.3 Å². The SMILES string of the molecule is CCNC1CCN(CCc2ccccc2F)C1. The lowest BCUT2D eigenvalue weighted by molar-refractivity contribution is 0.331. The summed E-state index contributed by atoms with van der Waals surface area (Å²) < 4.78 is 13.4. The van der Waals surface area contributed by atoms with E-state index in [1.54, 1.807) is 12.1 Å². The first-order chi connectivity index (χ1) is 8.29. The average molecular weight is 236 g/mol. The molecule has 1 fully saturated rings. The molecule has 0 saturated carbocycles. The third-order valence-electron chi connectivity index (χ3n) is 3.42. The minimum Gasteiger partial charge on any atom is -0.313 e. The second kappa shape index (κ2) is 6.12. The highest BCUT2D eigenvalue weighted by Crippen LogP contribution is 2.12. The molecule has 1 saturated heterocycles. The van der Waals surface area contributed by atoms with Gasteiger partial charge in [-0.3, -0.25) is 0 Å². The Morgan fingerprint density at radius 2 is 2.24 bits per heavy atom. The number of likely N-dealkylation sites (tertiary alicyclic amines) is 1. The Labute approximate surface area is 103 Å². The standard InChI is InChI=1S/C14H21FN2/c1-2-16-13-8-10-17(11-13)9-7-12-5-3-4-6-14(12)15/h3-6,13,16H,2,7-11H2,1H3. The normalized spacial score (nSPS) is 20.9. The van der Waals surface area contributed by atoms with Gasteiger partial charge in [0.1, 0.15) is 5.82 Å². The number of rotatable bonds is 5. The number of nitrogens with zero attached hydrogens (tertiary/aromatic N) is 1. The molecule has 1 aromatic rings. The van der Waals surface area contributed by atoms with Crippen molar-refractivity contribution in [2.75, 3.05) is 26.2 Å². The van der Waals surface area contributed by atoms with Gasteiger partial charge in [0.2, 0.25) is 0 Å². The van der Waals surface area contributed by atoms with Crippen molar-refractivity contribution in [1.82, 2.24) is 10.2 Å². The molecular weight excluding hydrogens is 215 g/mol. The summed E-state index contributed by atoms with van der Waals surface area (Å²) in [5.74, 6) is -0.0741. The van der Waals surface area contributed by atoms with Crippen LogP contribution in [0.2, 0.25) is 0 Å².